The summed E-state index contributed by atoms with van der Waals surface area (Å²) in [5.41, 5.74) is 0.999. The summed E-state index contributed by atoms with van der Waals surface area (Å²) in [6.07, 6.45) is 5.44. The Morgan fingerprint density at radius 3 is 3.12 bits per heavy atom. The van der Waals surface area contributed by atoms with E-state index < -0.39 is 0 Å². The number of nitrogens with zero attached hydrogens (tertiary/aromatic N) is 2. The lowest BCUT2D eigenvalue weighted by molar-refractivity contribution is 0.298. The second-order valence-corrected chi connectivity index (χ2v) is 5.03. The monoisotopic (exact) mass is 233 g/mol. The van der Waals surface area contributed by atoms with E-state index in [0.717, 1.165) is 18.3 Å². The first-order chi connectivity index (χ1) is 8.33. The normalized spacial score (nSPS) is 28.5. The van der Waals surface area contributed by atoms with Crippen molar-refractivity contribution < 1.29 is 5.11 Å². The van der Waals surface area contributed by atoms with Crippen molar-refractivity contribution in [1.82, 2.24) is 15.2 Å². The molecule has 2 saturated heterocycles. The molecule has 2 fully saturated rings. The average molecular weight is 233 g/mol. The first kappa shape index (κ1) is 11.0. The fourth-order valence-electron chi connectivity index (χ4n) is 3.08. The molecule has 0 bridgehead atoms. The number of fused-ring (bicyclic) bond motifs is 1. The molecule has 2 aliphatic rings. The molecular formula is C13H19N3O. The molecule has 3 heterocycles. The molecule has 92 valence electrons. The lowest BCUT2D eigenvalue weighted by Crippen LogP contribution is -2.38. The van der Waals surface area contributed by atoms with Crippen molar-refractivity contribution in [2.45, 2.75) is 37.9 Å². The molecule has 1 aromatic rings. The molecule has 0 amide bonds. The van der Waals surface area contributed by atoms with Gasteiger partial charge in [0.2, 0.25) is 0 Å². The molecule has 2 atom stereocenters. The summed E-state index contributed by atoms with van der Waals surface area (Å²) in [6.45, 7) is 3.32. The van der Waals surface area contributed by atoms with Crippen LogP contribution in [-0.2, 0) is 6.54 Å². The minimum absolute atomic E-state index is 0.233. The lowest BCUT2D eigenvalue weighted by Gasteiger charge is -2.21. The second-order valence-electron chi connectivity index (χ2n) is 5.03. The molecule has 2 unspecified atom stereocenters. The number of rotatable bonds is 3. The largest absolute Gasteiger partial charge is 0.506 e. The van der Waals surface area contributed by atoms with Crippen LogP contribution in [0.5, 0.6) is 5.75 Å². The van der Waals surface area contributed by atoms with Crippen LogP contribution in [0.1, 0.15) is 25.0 Å². The Kier molecular flexibility index (Phi) is 2.99. The molecule has 4 heteroatoms. The number of nitrogens with one attached hydrogen (secondary N) is 1. The van der Waals surface area contributed by atoms with Crippen molar-refractivity contribution in [3.8, 4) is 5.75 Å². The van der Waals surface area contributed by atoms with Crippen LogP contribution in [-0.4, -0.2) is 40.2 Å². The Hall–Kier alpha value is -1.13. The molecule has 1 aromatic heterocycles. The van der Waals surface area contributed by atoms with E-state index in [1.165, 1.54) is 38.5 Å². The smallest absolute Gasteiger partial charge is 0.133 e. The minimum atomic E-state index is 0.233. The summed E-state index contributed by atoms with van der Waals surface area (Å²) in [5.74, 6) is 0.233. The maximum absolute atomic E-state index is 9.17. The summed E-state index contributed by atoms with van der Waals surface area (Å²) < 4.78 is 0. The summed E-state index contributed by atoms with van der Waals surface area (Å²) >= 11 is 0. The number of hydrogen-bond acceptors (Lipinski definition) is 4. The first-order valence-corrected chi connectivity index (χ1v) is 6.44. The summed E-state index contributed by atoms with van der Waals surface area (Å²) in [4.78, 5) is 6.80. The van der Waals surface area contributed by atoms with Crippen LogP contribution in [0.3, 0.4) is 0 Å². The molecule has 0 saturated carbocycles. The Bertz CT molecular complexity index is 379. The van der Waals surface area contributed by atoms with Crippen LogP contribution in [0.2, 0.25) is 0 Å². The zero-order valence-corrected chi connectivity index (χ0v) is 9.97. The zero-order valence-electron chi connectivity index (χ0n) is 9.97. The minimum Gasteiger partial charge on any atom is -0.506 e. The third kappa shape index (κ3) is 2.28. The lowest BCUT2D eigenvalue weighted by atomic mass is 10.1. The van der Waals surface area contributed by atoms with Crippen LogP contribution in [0.15, 0.2) is 18.3 Å². The molecule has 3 rings (SSSR count). The molecular weight excluding hydrogens is 214 g/mol. The van der Waals surface area contributed by atoms with Crippen LogP contribution in [0.25, 0.3) is 0 Å². The fraction of sp³-hybridized carbons (Fsp3) is 0.615. The number of pyridine rings is 1. The quantitative estimate of drug-likeness (QED) is 0.821. The highest BCUT2D eigenvalue weighted by atomic mass is 16.3. The zero-order chi connectivity index (χ0) is 11.7. The van der Waals surface area contributed by atoms with Crippen molar-refractivity contribution >= 4 is 0 Å². The topological polar surface area (TPSA) is 48.4 Å². The van der Waals surface area contributed by atoms with Gasteiger partial charge in [-0.1, -0.05) is 0 Å². The van der Waals surface area contributed by atoms with Crippen LogP contribution in [0, 0.1) is 0 Å². The van der Waals surface area contributed by atoms with E-state index in [2.05, 4.69) is 15.2 Å². The van der Waals surface area contributed by atoms with Crippen LogP contribution < -0.4 is 5.32 Å². The van der Waals surface area contributed by atoms with Crippen molar-refractivity contribution in [2.75, 3.05) is 13.1 Å². The molecule has 0 aromatic carbocycles. The third-order valence-electron chi connectivity index (χ3n) is 3.96. The van der Waals surface area contributed by atoms with E-state index in [1.54, 1.807) is 6.07 Å². The Labute approximate surface area is 102 Å². The first-order valence-electron chi connectivity index (χ1n) is 6.44. The maximum Gasteiger partial charge on any atom is 0.133 e. The number of aromatic nitrogens is 1. The Morgan fingerprint density at radius 1 is 1.35 bits per heavy atom. The van der Waals surface area contributed by atoms with E-state index in [1.807, 2.05) is 6.07 Å². The summed E-state index contributed by atoms with van der Waals surface area (Å²) in [5, 5.41) is 12.8. The van der Waals surface area contributed by atoms with Crippen molar-refractivity contribution in [1.29, 1.82) is 0 Å². The molecule has 0 spiro atoms. The predicted molar refractivity (Wildman–Crippen MR) is 65.7 cm³/mol. The molecule has 4 nitrogen and oxygen atoms in total. The highest BCUT2D eigenvalue weighted by Gasteiger charge is 2.36. The van der Waals surface area contributed by atoms with Gasteiger partial charge in [-0.2, -0.15) is 0 Å². The Balaban J connectivity index is 1.56. The van der Waals surface area contributed by atoms with Gasteiger partial charge in [-0.05, 0) is 37.9 Å². The van der Waals surface area contributed by atoms with Crippen LogP contribution >= 0.6 is 0 Å². The Morgan fingerprint density at radius 2 is 2.29 bits per heavy atom. The molecule has 2 aliphatic heterocycles. The maximum atomic E-state index is 9.17. The highest BCUT2D eigenvalue weighted by molar-refractivity contribution is 5.17. The molecule has 0 radical (unpaired) electrons. The third-order valence-corrected chi connectivity index (χ3v) is 3.96. The molecule has 17 heavy (non-hydrogen) atoms. The highest BCUT2D eigenvalue weighted by Crippen LogP contribution is 2.27. The van der Waals surface area contributed by atoms with Gasteiger partial charge in [-0.3, -0.25) is 9.88 Å². The van der Waals surface area contributed by atoms with Crippen molar-refractivity contribution in [3.05, 3.63) is 24.0 Å². The summed E-state index contributed by atoms with van der Waals surface area (Å²) in [7, 11) is 0. The van der Waals surface area contributed by atoms with E-state index in [9.17, 15) is 0 Å². The predicted octanol–water partition coefficient (Wildman–Crippen LogP) is 1.11. The van der Waals surface area contributed by atoms with E-state index in [4.69, 9.17) is 5.11 Å². The van der Waals surface area contributed by atoms with Crippen LogP contribution in [0.4, 0.5) is 0 Å². The van der Waals surface area contributed by atoms with Gasteiger partial charge in [-0.25, -0.2) is 0 Å². The fourth-order valence-corrected chi connectivity index (χ4v) is 3.08. The van der Waals surface area contributed by atoms with E-state index in [0.29, 0.717) is 6.04 Å². The molecule has 2 N–H and O–H groups in total. The second kappa shape index (κ2) is 4.63. The van der Waals surface area contributed by atoms with E-state index >= 15 is 0 Å². The van der Waals surface area contributed by atoms with Gasteiger partial charge in [0.1, 0.15) is 5.75 Å². The molecule has 0 aliphatic carbocycles. The van der Waals surface area contributed by atoms with Crippen molar-refractivity contribution in [3.63, 3.8) is 0 Å². The summed E-state index contributed by atoms with van der Waals surface area (Å²) in [6, 6.07) is 4.93. The number of hydrogen-bond donors (Lipinski definition) is 2. The average Bonchev–Trinajstić information content (AvgIpc) is 2.91. The van der Waals surface area contributed by atoms with Crippen molar-refractivity contribution in [2.24, 2.45) is 0 Å². The number of aromatic hydroxyl groups is 1. The van der Waals surface area contributed by atoms with Gasteiger partial charge < -0.3 is 10.4 Å². The SMILES string of the molecule is Oc1ccc(CNC2CCN3CCCC23)nc1. The van der Waals surface area contributed by atoms with Gasteiger partial charge in [0.15, 0.2) is 0 Å². The standard InChI is InChI=1S/C13H19N3O/c17-11-4-3-10(14-9-11)8-15-12-5-7-16-6-1-2-13(12)16/h3-4,9,12-13,15,17H,1-2,5-8H2. The van der Waals surface area contributed by atoms with Gasteiger partial charge in [0.25, 0.3) is 0 Å². The van der Waals surface area contributed by atoms with E-state index in [-0.39, 0.29) is 5.75 Å². The van der Waals surface area contributed by atoms with Gasteiger partial charge >= 0.3 is 0 Å². The van der Waals surface area contributed by atoms with Gasteiger partial charge in [-0.15, -0.1) is 0 Å². The van der Waals surface area contributed by atoms with Gasteiger partial charge in [0.05, 0.1) is 11.9 Å². The van der Waals surface area contributed by atoms with Gasteiger partial charge in [0, 0.05) is 25.2 Å².